The first kappa shape index (κ1) is 12.8. The number of fused-ring (bicyclic) bond motifs is 1. The average Bonchev–Trinajstić information content (AvgIpc) is 2.35. The minimum Gasteiger partial charge on any atom is -0.380 e. The average molecular weight is 250 g/mol. The summed E-state index contributed by atoms with van der Waals surface area (Å²) in [5.41, 5.74) is 2.82. The van der Waals surface area contributed by atoms with E-state index in [0.717, 1.165) is 6.54 Å². The van der Waals surface area contributed by atoms with Crippen molar-refractivity contribution in [3.05, 3.63) is 23.8 Å². The Labute approximate surface area is 109 Å². The Morgan fingerprint density at radius 1 is 1.47 bits per heavy atom. The fraction of sp³-hybridized carbons (Fsp3) is 0.571. The predicted molar refractivity (Wildman–Crippen MR) is 77.2 cm³/mol. The normalized spacial score (nSPS) is 18.9. The third-order valence-corrected chi connectivity index (χ3v) is 4.43. The third-order valence-electron chi connectivity index (χ3n) is 3.21. The van der Waals surface area contributed by atoms with Crippen LogP contribution in [0.3, 0.4) is 0 Å². The molecule has 0 spiro atoms. The van der Waals surface area contributed by atoms with Gasteiger partial charge >= 0.3 is 0 Å². The molecule has 2 rings (SSSR count). The zero-order valence-corrected chi connectivity index (χ0v) is 11.7. The number of thioether (sulfide) groups is 1. The van der Waals surface area contributed by atoms with Crippen LogP contribution < -0.4 is 10.6 Å². The van der Waals surface area contributed by atoms with Crippen molar-refractivity contribution in [2.24, 2.45) is 0 Å². The van der Waals surface area contributed by atoms with Crippen molar-refractivity contribution in [3.63, 3.8) is 0 Å². The molecule has 1 aliphatic heterocycles. The van der Waals surface area contributed by atoms with Crippen LogP contribution in [0.25, 0.3) is 0 Å². The molecule has 1 aliphatic rings. The zero-order chi connectivity index (χ0) is 12.3. The smallest absolute Gasteiger partial charge is 0.0515 e. The van der Waals surface area contributed by atoms with Crippen LogP contribution in [0.1, 0.15) is 31.7 Å². The quantitative estimate of drug-likeness (QED) is 0.857. The molecule has 2 nitrogen and oxygen atoms in total. The summed E-state index contributed by atoms with van der Waals surface area (Å²) in [6.07, 6.45) is 1.19. The van der Waals surface area contributed by atoms with Crippen LogP contribution in [0.15, 0.2) is 23.1 Å². The Morgan fingerprint density at radius 2 is 2.29 bits per heavy atom. The molecule has 0 saturated carbocycles. The molecule has 1 atom stereocenters. The van der Waals surface area contributed by atoms with Crippen molar-refractivity contribution in [1.29, 1.82) is 0 Å². The topological polar surface area (TPSA) is 24.1 Å². The van der Waals surface area contributed by atoms with Crippen LogP contribution in [0.2, 0.25) is 0 Å². The Hall–Kier alpha value is -0.670. The maximum absolute atomic E-state index is 3.72. The number of hydrogen-bond acceptors (Lipinski definition) is 3. The number of benzene rings is 1. The SMILES string of the molecule is CNCCC1CSc2cccc(C(C)C)c2N1. The molecule has 2 N–H and O–H groups in total. The van der Waals surface area contributed by atoms with Crippen LogP contribution in [0, 0.1) is 0 Å². The van der Waals surface area contributed by atoms with Gasteiger partial charge in [-0.15, -0.1) is 11.8 Å². The van der Waals surface area contributed by atoms with E-state index in [1.54, 1.807) is 0 Å². The first-order valence-electron chi connectivity index (χ1n) is 6.39. The highest BCUT2D eigenvalue weighted by molar-refractivity contribution is 7.99. The summed E-state index contributed by atoms with van der Waals surface area (Å²) in [5, 5.41) is 6.95. The molecule has 17 heavy (non-hydrogen) atoms. The minimum atomic E-state index is 0.584. The first-order valence-corrected chi connectivity index (χ1v) is 7.37. The summed E-state index contributed by atoms with van der Waals surface area (Å²) in [5.74, 6) is 1.76. The molecule has 1 unspecified atom stereocenters. The van der Waals surface area contributed by atoms with Gasteiger partial charge in [0, 0.05) is 16.7 Å². The molecule has 1 heterocycles. The molecule has 0 aliphatic carbocycles. The van der Waals surface area contributed by atoms with E-state index >= 15 is 0 Å². The lowest BCUT2D eigenvalue weighted by Crippen LogP contribution is -2.30. The number of hydrogen-bond donors (Lipinski definition) is 2. The van der Waals surface area contributed by atoms with Crippen LogP contribution in [-0.2, 0) is 0 Å². The Kier molecular flexibility index (Phi) is 4.35. The molecule has 0 saturated heterocycles. The highest BCUT2D eigenvalue weighted by atomic mass is 32.2. The Balaban J connectivity index is 2.17. The lowest BCUT2D eigenvalue weighted by atomic mass is 10.0. The zero-order valence-electron chi connectivity index (χ0n) is 10.9. The van der Waals surface area contributed by atoms with Crippen LogP contribution in [0.4, 0.5) is 5.69 Å². The molecule has 3 heteroatoms. The van der Waals surface area contributed by atoms with Crippen molar-refractivity contribution in [1.82, 2.24) is 5.32 Å². The van der Waals surface area contributed by atoms with Gasteiger partial charge in [0.05, 0.1) is 5.69 Å². The molecule has 1 aromatic rings. The lowest BCUT2D eigenvalue weighted by Gasteiger charge is -2.29. The second kappa shape index (κ2) is 5.78. The molecule has 0 fully saturated rings. The Bertz CT molecular complexity index is 376. The van der Waals surface area contributed by atoms with Gasteiger partial charge in [0.25, 0.3) is 0 Å². The number of para-hydroxylation sites is 1. The third kappa shape index (κ3) is 2.96. The molecule has 0 bridgehead atoms. The molecule has 0 radical (unpaired) electrons. The van der Waals surface area contributed by atoms with Crippen molar-refractivity contribution in [2.75, 3.05) is 24.7 Å². The van der Waals surface area contributed by atoms with Gasteiger partial charge in [-0.3, -0.25) is 0 Å². The van der Waals surface area contributed by atoms with Crippen molar-refractivity contribution in [2.45, 2.75) is 37.1 Å². The fourth-order valence-corrected chi connectivity index (χ4v) is 3.34. The monoisotopic (exact) mass is 250 g/mol. The predicted octanol–water partition coefficient (Wildman–Crippen LogP) is 3.31. The van der Waals surface area contributed by atoms with Crippen LogP contribution in [0.5, 0.6) is 0 Å². The van der Waals surface area contributed by atoms with E-state index in [1.807, 2.05) is 18.8 Å². The van der Waals surface area contributed by atoms with Gasteiger partial charge in [-0.1, -0.05) is 26.0 Å². The van der Waals surface area contributed by atoms with Gasteiger partial charge in [0.2, 0.25) is 0 Å². The maximum atomic E-state index is 3.72. The van der Waals surface area contributed by atoms with Gasteiger partial charge in [0.1, 0.15) is 0 Å². The largest absolute Gasteiger partial charge is 0.380 e. The molecule has 0 amide bonds. The standard InChI is InChI=1S/C14H22N2S/c1-10(2)12-5-4-6-13-14(12)16-11(9-17-13)7-8-15-3/h4-6,10-11,15-16H,7-9H2,1-3H3. The molecular formula is C14H22N2S. The second-order valence-corrected chi connectivity index (χ2v) is 5.98. The van der Waals surface area contributed by atoms with Gasteiger partial charge in [-0.05, 0) is 37.6 Å². The van der Waals surface area contributed by atoms with Gasteiger partial charge in [-0.25, -0.2) is 0 Å². The van der Waals surface area contributed by atoms with E-state index in [0.29, 0.717) is 12.0 Å². The molecule has 0 aromatic heterocycles. The van der Waals surface area contributed by atoms with Gasteiger partial charge < -0.3 is 10.6 Å². The summed E-state index contributed by atoms with van der Waals surface area (Å²) < 4.78 is 0. The van der Waals surface area contributed by atoms with Crippen molar-refractivity contribution < 1.29 is 0 Å². The minimum absolute atomic E-state index is 0.584. The highest BCUT2D eigenvalue weighted by Gasteiger charge is 2.20. The number of nitrogens with one attached hydrogen (secondary N) is 2. The fourth-order valence-electron chi connectivity index (χ4n) is 2.21. The summed E-state index contributed by atoms with van der Waals surface area (Å²) in [4.78, 5) is 1.41. The molecule has 94 valence electrons. The van der Waals surface area contributed by atoms with Crippen molar-refractivity contribution in [3.8, 4) is 0 Å². The highest BCUT2D eigenvalue weighted by Crippen LogP contribution is 2.38. The number of anilines is 1. The molecular weight excluding hydrogens is 228 g/mol. The van der Waals surface area contributed by atoms with Crippen LogP contribution in [-0.4, -0.2) is 25.4 Å². The summed E-state index contributed by atoms with van der Waals surface area (Å²) in [6.45, 7) is 5.61. The summed E-state index contributed by atoms with van der Waals surface area (Å²) in [7, 11) is 2.02. The first-order chi connectivity index (χ1) is 8.22. The van der Waals surface area contributed by atoms with E-state index in [4.69, 9.17) is 0 Å². The maximum Gasteiger partial charge on any atom is 0.0515 e. The molecule has 1 aromatic carbocycles. The van der Waals surface area contributed by atoms with Crippen molar-refractivity contribution >= 4 is 17.4 Å². The van der Waals surface area contributed by atoms with E-state index in [2.05, 4.69) is 42.7 Å². The van der Waals surface area contributed by atoms with Gasteiger partial charge in [0.15, 0.2) is 0 Å². The van der Waals surface area contributed by atoms with Gasteiger partial charge in [-0.2, -0.15) is 0 Å². The van der Waals surface area contributed by atoms with E-state index < -0.39 is 0 Å². The van der Waals surface area contributed by atoms with E-state index in [-0.39, 0.29) is 0 Å². The Morgan fingerprint density at radius 3 is 3.00 bits per heavy atom. The van der Waals surface area contributed by atoms with E-state index in [9.17, 15) is 0 Å². The second-order valence-electron chi connectivity index (χ2n) is 4.92. The lowest BCUT2D eigenvalue weighted by molar-refractivity contribution is 0.656. The van der Waals surface area contributed by atoms with Crippen LogP contribution >= 0.6 is 11.8 Å². The van der Waals surface area contributed by atoms with E-state index in [1.165, 1.54) is 28.3 Å². The summed E-state index contributed by atoms with van der Waals surface area (Å²) >= 11 is 1.99. The number of rotatable bonds is 4. The summed E-state index contributed by atoms with van der Waals surface area (Å²) in [6, 6.07) is 7.25.